The number of hydrogen-bond donors (Lipinski definition) is 0. The van der Waals surface area contributed by atoms with E-state index < -0.39 is 0 Å². The molecule has 0 amide bonds. The highest BCUT2D eigenvalue weighted by Crippen LogP contribution is 2.35. The summed E-state index contributed by atoms with van der Waals surface area (Å²) in [6.07, 6.45) is 1.77. The monoisotopic (exact) mass is 216 g/mol. The third-order valence-corrected chi connectivity index (χ3v) is 2.61. The lowest BCUT2D eigenvalue weighted by Crippen LogP contribution is -1.92. The van der Waals surface area contributed by atoms with Crippen LogP contribution in [0.4, 0.5) is 0 Å². The van der Waals surface area contributed by atoms with Gasteiger partial charge in [-0.2, -0.15) is 5.26 Å². The Hall–Kier alpha value is -2.15. The number of fused-ring (bicyclic) bond motifs is 1. The van der Waals surface area contributed by atoms with Gasteiger partial charge in [0.15, 0.2) is 0 Å². The van der Waals surface area contributed by atoms with E-state index in [1.165, 1.54) is 0 Å². The number of nitrogens with zero attached hydrogens (tertiary/aromatic N) is 2. The standard InChI is InChI=1S/C12H12N2O2/c1-14-7-8(6-13)11-9(15-2)4-5-10(16-3)12(11)14/h4-5,7H,1-3H3. The second kappa shape index (κ2) is 3.78. The largest absolute Gasteiger partial charge is 0.496 e. The Labute approximate surface area is 93.6 Å². The quantitative estimate of drug-likeness (QED) is 0.772. The van der Waals surface area contributed by atoms with Crippen molar-refractivity contribution in [2.75, 3.05) is 14.2 Å². The maximum atomic E-state index is 9.07. The molecule has 0 radical (unpaired) electrons. The normalized spacial score (nSPS) is 10.1. The van der Waals surface area contributed by atoms with Crippen LogP contribution in [0.1, 0.15) is 5.56 Å². The molecule has 4 heteroatoms. The SMILES string of the molecule is COc1ccc(OC)c2c1c(C#N)cn2C. The van der Waals surface area contributed by atoms with Crippen LogP contribution < -0.4 is 9.47 Å². The minimum absolute atomic E-state index is 0.591. The van der Waals surface area contributed by atoms with Gasteiger partial charge in [-0.25, -0.2) is 0 Å². The lowest BCUT2D eigenvalue weighted by molar-refractivity contribution is 0.409. The summed E-state index contributed by atoms with van der Waals surface area (Å²) in [5.74, 6) is 1.42. The lowest BCUT2D eigenvalue weighted by Gasteiger charge is -2.07. The summed E-state index contributed by atoms with van der Waals surface area (Å²) in [6, 6.07) is 5.80. The van der Waals surface area contributed by atoms with Gasteiger partial charge in [-0.15, -0.1) is 0 Å². The molecule has 0 aliphatic rings. The number of aryl methyl sites for hydroxylation is 1. The zero-order valence-electron chi connectivity index (χ0n) is 9.44. The van der Waals surface area contributed by atoms with Crippen molar-refractivity contribution >= 4 is 10.9 Å². The summed E-state index contributed by atoms with van der Waals surface area (Å²) in [7, 11) is 5.08. The average molecular weight is 216 g/mol. The van der Waals surface area contributed by atoms with Crippen molar-refractivity contribution in [1.29, 1.82) is 5.26 Å². The molecule has 2 aromatic rings. The summed E-state index contributed by atoms with van der Waals surface area (Å²) >= 11 is 0. The molecular formula is C12H12N2O2. The molecule has 1 aromatic carbocycles. The van der Waals surface area contributed by atoms with E-state index >= 15 is 0 Å². The van der Waals surface area contributed by atoms with E-state index in [2.05, 4.69) is 6.07 Å². The van der Waals surface area contributed by atoms with E-state index in [1.807, 2.05) is 23.7 Å². The summed E-state index contributed by atoms with van der Waals surface area (Å²) in [6.45, 7) is 0. The van der Waals surface area contributed by atoms with E-state index in [9.17, 15) is 0 Å². The molecular weight excluding hydrogens is 204 g/mol. The van der Waals surface area contributed by atoms with Gasteiger partial charge < -0.3 is 14.0 Å². The highest BCUT2D eigenvalue weighted by molar-refractivity contribution is 5.96. The molecule has 1 heterocycles. The van der Waals surface area contributed by atoms with Crippen LogP contribution in [-0.2, 0) is 7.05 Å². The molecule has 16 heavy (non-hydrogen) atoms. The van der Waals surface area contributed by atoms with Gasteiger partial charge in [0.1, 0.15) is 17.6 Å². The number of aromatic nitrogens is 1. The van der Waals surface area contributed by atoms with Crippen molar-refractivity contribution in [1.82, 2.24) is 4.57 Å². The van der Waals surface area contributed by atoms with Gasteiger partial charge in [-0.05, 0) is 12.1 Å². The van der Waals surface area contributed by atoms with Crippen molar-refractivity contribution in [3.63, 3.8) is 0 Å². The highest BCUT2D eigenvalue weighted by atomic mass is 16.5. The van der Waals surface area contributed by atoms with Gasteiger partial charge in [-0.3, -0.25) is 0 Å². The average Bonchev–Trinajstić information content (AvgIpc) is 2.66. The Bertz CT molecular complexity index is 579. The van der Waals surface area contributed by atoms with Gasteiger partial charge in [0.2, 0.25) is 0 Å². The van der Waals surface area contributed by atoms with E-state index in [4.69, 9.17) is 14.7 Å². The third kappa shape index (κ3) is 1.29. The number of rotatable bonds is 2. The Morgan fingerprint density at radius 2 is 1.81 bits per heavy atom. The number of nitriles is 1. The molecule has 1 aromatic heterocycles. The van der Waals surface area contributed by atoms with Crippen molar-refractivity contribution < 1.29 is 9.47 Å². The number of methoxy groups -OCH3 is 2. The van der Waals surface area contributed by atoms with Crippen molar-refractivity contribution in [3.8, 4) is 17.6 Å². The van der Waals surface area contributed by atoms with E-state index in [0.29, 0.717) is 11.3 Å². The maximum Gasteiger partial charge on any atom is 0.143 e. The molecule has 0 spiro atoms. The Morgan fingerprint density at radius 1 is 1.19 bits per heavy atom. The lowest BCUT2D eigenvalue weighted by atomic mass is 10.1. The summed E-state index contributed by atoms with van der Waals surface area (Å²) < 4.78 is 12.4. The second-order valence-electron chi connectivity index (χ2n) is 3.46. The molecule has 0 unspecified atom stereocenters. The van der Waals surface area contributed by atoms with E-state index in [1.54, 1.807) is 20.4 Å². The van der Waals surface area contributed by atoms with Crippen molar-refractivity contribution in [2.24, 2.45) is 7.05 Å². The molecule has 0 bridgehead atoms. The van der Waals surface area contributed by atoms with Gasteiger partial charge in [0.25, 0.3) is 0 Å². The molecule has 0 aliphatic heterocycles. The van der Waals surface area contributed by atoms with Gasteiger partial charge >= 0.3 is 0 Å². The van der Waals surface area contributed by atoms with E-state index in [-0.39, 0.29) is 0 Å². The summed E-state index contributed by atoms with van der Waals surface area (Å²) in [5.41, 5.74) is 1.46. The first-order valence-electron chi connectivity index (χ1n) is 4.83. The first kappa shape index (κ1) is 10.4. The van der Waals surface area contributed by atoms with Crippen LogP contribution in [0.2, 0.25) is 0 Å². The van der Waals surface area contributed by atoms with Crippen LogP contribution in [0, 0.1) is 11.3 Å². The number of benzene rings is 1. The summed E-state index contributed by atoms with van der Waals surface area (Å²) in [4.78, 5) is 0. The van der Waals surface area contributed by atoms with Crippen LogP contribution in [0.5, 0.6) is 11.5 Å². The fourth-order valence-electron chi connectivity index (χ4n) is 1.91. The molecule has 0 N–H and O–H groups in total. The van der Waals surface area contributed by atoms with Crippen LogP contribution in [0.3, 0.4) is 0 Å². The van der Waals surface area contributed by atoms with Crippen LogP contribution in [0.15, 0.2) is 18.3 Å². The fraction of sp³-hybridized carbons (Fsp3) is 0.250. The van der Waals surface area contributed by atoms with Gasteiger partial charge in [0.05, 0.1) is 30.7 Å². The second-order valence-corrected chi connectivity index (χ2v) is 3.46. The predicted molar refractivity (Wildman–Crippen MR) is 60.7 cm³/mol. The zero-order chi connectivity index (χ0) is 11.7. The topological polar surface area (TPSA) is 47.2 Å². The molecule has 0 saturated carbocycles. The first-order chi connectivity index (χ1) is 7.72. The first-order valence-corrected chi connectivity index (χ1v) is 4.83. The zero-order valence-corrected chi connectivity index (χ0v) is 9.44. The number of hydrogen-bond acceptors (Lipinski definition) is 3. The third-order valence-electron chi connectivity index (χ3n) is 2.61. The Kier molecular flexibility index (Phi) is 2.45. The fourth-order valence-corrected chi connectivity index (χ4v) is 1.91. The van der Waals surface area contributed by atoms with Crippen molar-refractivity contribution in [3.05, 3.63) is 23.9 Å². The van der Waals surface area contributed by atoms with E-state index in [0.717, 1.165) is 16.7 Å². The Balaban J connectivity index is 2.93. The van der Waals surface area contributed by atoms with Gasteiger partial charge in [0, 0.05) is 13.2 Å². The molecule has 2 rings (SSSR count). The highest BCUT2D eigenvalue weighted by Gasteiger charge is 2.15. The van der Waals surface area contributed by atoms with Gasteiger partial charge in [-0.1, -0.05) is 0 Å². The molecule has 0 saturated heterocycles. The minimum Gasteiger partial charge on any atom is -0.496 e. The smallest absolute Gasteiger partial charge is 0.143 e. The maximum absolute atomic E-state index is 9.07. The van der Waals surface area contributed by atoms with Crippen molar-refractivity contribution in [2.45, 2.75) is 0 Å². The minimum atomic E-state index is 0.591. The van der Waals surface area contributed by atoms with Crippen LogP contribution >= 0.6 is 0 Å². The van der Waals surface area contributed by atoms with Crippen LogP contribution in [-0.4, -0.2) is 18.8 Å². The molecule has 0 fully saturated rings. The molecule has 4 nitrogen and oxygen atoms in total. The number of ether oxygens (including phenoxy) is 2. The molecule has 0 aliphatic carbocycles. The van der Waals surface area contributed by atoms with Crippen LogP contribution in [0.25, 0.3) is 10.9 Å². The summed E-state index contributed by atoms with van der Waals surface area (Å²) in [5, 5.41) is 9.87. The Morgan fingerprint density at radius 3 is 2.38 bits per heavy atom. The molecule has 0 atom stereocenters. The predicted octanol–water partition coefficient (Wildman–Crippen LogP) is 2.07. The molecule has 82 valence electrons.